The Bertz CT molecular complexity index is 763. The minimum atomic E-state index is 0.297. The molecule has 0 amide bonds. The van der Waals surface area contributed by atoms with Crippen molar-refractivity contribution in [3.63, 3.8) is 0 Å². The van der Waals surface area contributed by atoms with Crippen LogP contribution >= 0.6 is 0 Å². The van der Waals surface area contributed by atoms with E-state index in [-0.39, 0.29) is 0 Å². The predicted molar refractivity (Wildman–Crippen MR) is 85.8 cm³/mol. The number of fused-ring (bicyclic) bond motifs is 1. The number of benzene rings is 1. The van der Waals surface area contributed by atoms with Crippen molar-refractivity contribution in [3.8, 4) is 5.75 Å². The van der Waals surface area contributed by atoms with Gasteiger partial charge in [0, 0.05) is 37.4 Å². The maximum absolute atomic E-state index is 5.27. The van der Waals surface area contributed by atoms with E-state index >= 15 is 0 Å². The Morgan fingerprint density at radius 2 is 2.09 bits per heavy atom. The largest absolute Gasteiger partial charge is 0.497 e. The SMILES string of the molecule is COc1ccc([C@H]2Cn3ccnc3CN2Cc2ccn[nH]2)cc1. The van der Waals surface area contributed by atoms with Gasteiger partial charge in [0.05, 0.1) is 19.7 Å². The van der Waals surface area contributed by atoms with Gasteiger partial charge in [-0.1, -0.05) is 12.1 Å². The molecule has 3 heterocycles. The molecule has 2 aromatic heterocycles. The lowest BCUT2D eigenvalue weighted by Gasteiger charge is -2.36. The smallest absolute Gasteiger partial charge is 0.122 e. The number of hydrogen-bond acceptors (Lipinski definition) is 4. The van der Waals surface area contributed by atoms with E-state index in [9.17, 15) is 0 Å². The van der Waals surface area contributed by atoms with Gasteiger partial charge >= 0.3 is 0 Å². The number of hydrogen-bond donors (Lipinski definition) is 1. The number of nitrogens with zero attached hydrogens (tertiary/aromatic N) is 4. The van der Waals surface area contributed by atoms with Crippen molar-refractivity contribution in [2.24, 2.45) is 0 Å². The van der Waals surface area contributed by atoms with E-state index in [4.69, 9.17) is 4.74 Å². The summed E-state index contributed by atoms with van der Waals surface area (Å²) in [5.74, 6) is 1.99. The van der Waals surface area contributed by atoms with Gasteiger partial charge in [-0.3, -0.25) is 10.00 Å². The van der Waals surface area contributed by atoms with Crippen molar-refractivity contribution < 1.29 is 4.74 Å². The first kappa shape index (κ1) is 14.0. The molecule has 0 saturated carbocycles. The van der Waals surface area contributed by atoms with Crippen LogP contribution in [-0.4, -0.2) is 31.8 Å². The van der Waals surface area contributed by atoms with Crippen molar-refractivity contribution in [3.05, 3.63) is 66.0 Å². The standard InChI is InChI=1S/C17H19N5O/c1-23-15-4-2-13(3-5-15)16-11-21-9-8-18-17(21)12-22(16)10-14-6-7-19-20-14/h2-9,16H,10-12H2,1H3,(H,19,20)/t16-/m1/s1. The Kier molecular flexibility index (Phi) is 3.59. The van der Waals surface area contributed by atoms with E-state index in [0.717, 1.165) is 36.9 Å². The normalized spacial score (nSPS) is 17.9. The fourth-order valence-electron chi connectivity index (χ4n) is 3.15. The van der Waals surface area contributed by atoms with Gasteiger partial charge in [-0.25, -0.2) is 4.98 Å². The Labute approximate surface area is 134 Å². The highest BCUT2D eigenvalue weighted by molar-refractivity contribution is 5.29. The molecule has 6 nitrogen and oxygen atoms in total. The van der Waals surface area contributed by atoms with Crippen LogP contribution in [0, 0.1) is 0 Å². The molecule has 6 heteroatoms. The molecule has 0 radical (unpaired) electrons. The molecule has 0 fully saturated rings. The summed E-state index contributed by atoms with van der Waals surface area (Å²) < 4.78 is 7.50. The third kappa shape index (κ3) is 2.73. The summed E-state index contributed by atoms with van der Waals surface area (Å²) in [6, 6.07) is 10.6. The van der Waals surface area contributed by atoms with Crippen LogP contribution in [0.1, 0.15) is 23.1 Å². The summed E-state index contributed by atoms with van der Waals surface area (Å²) in [7, 11) is 1.69. The maximum atomic E-state index is 5.27. The van der Waals surface area contributed by atoms with Crippen LogP contribution in [0.15, 0.2) is 48.9 Å². The lowest BCUT2D eigenvalue weighted by molar-refractivity contribution is 0.126. The first-order valence-electron chi connectivity index (χ1n) is 7.70. The van der Waals surface area contributed by atoms with Crippen LogP contribution in [0.5, 0.6) is 5.75 Å². The van der Waals surface area contributed by atoms with Crippen LogP contribution in [0.2, 0.25) is 0 Å². The Balaban J connectivity index is 1.65. The van der Waals surface area contributed by atoms with Crippen molar-refractivity contribution in [1.29, 1.82) is 0 Å². The molecule has 1 aliphatic rings. The number of ether oxygens (including phenoxy) is 1. The second kappa shape index (κ2) is 5.89. The van der Waals surface area contributed by atoms with Crippen molar-refractivity contribution in [1.82, 2.24) is 24.6 Å². The monoisotopic (exact) mass is 309 g/mol. The first-order valence-corrected chi connectivity index (χ1v) is 7.70. The van der Waals surface area contributed by atoms with Crippen molar-refractivity contribution in [2.75, 3.05) is 7.11 Å². The second-order valence-electron chi connectivity index (χ2n) is 5.77. The molecule has 1 aliphatic heterocycles. The zero-order chi connectivity index (χ0) is 15.6. The molecular formula is C17H19N5O. The van der Waals surface area contributed by atoms with E-state index in [1.54, 1.807) is 13.3 Å². The molecule has 0 saturated heterocycles. The molecule has 1 aromatic carbocycles. The molecule has 1 atom stereocenters. The summed E-state index contributed by atoms with van der Waals surface area (Å²) in [6.07, 6.45) is 5.72. The zero-order valence-electron chi connectivity index (χ0n) is 13.0. The molecule has 0 unspecified atom stereocenters. The van der Waals surface area contributed by atoms with Crippen LogP contribution in [0.25, 0.3) is 0 Å². The predicted octanol–water partition coefficient (Wildman–Crippen LogP) is 2.37. The minimum absolute atomic E-state index is 0.297. The summed E-state index contributed by atoms with van der Waals surface area (Å²) in [4.78, 5) is 6.90. The lowest BCUT2D eigenvalue weighted by atomic mass is 10.0. The van der Waals surface area contributed by atoms with Crippen LogP contribution in [0.4, 0.5) is 0 Å². The lowest BCUT2D eigenvalue weighted by Crippen LogP contribution is -2.36. The number of imidazole rings is 1. The Morgan fingerprint density at radius 1 is 1.22 bits per heavy atom. The molecule has 118 valence electrons. The van der Waals surface area contributed by atoms with E-state index in [1.807, 2.05) is 24.4 Å². The van der Waals surface area contributed by atoms with Crippen LogP contribution in [0.3, 0.4) is 0 Å². The number of rotatable bonds is 4. The van der Waals surface area contributed by atoms with Gasteiger partial charge in [0.2, 0.25) is 0 Å². The zero-order valence-corrected chi connectivity index (χ0v) is 13.0. The molecule has 0 spiro atoms. The van der Waals surface area contributed by atoms with Gasteiger partial charge in [0.15, 0.2) is 0 Å². The van der Waals surface area contributed by atoms with Crippen molar-refractivity contribution >= 4 is 0 Å². The molecular weight excluding hydrogens is 290 g/mol. The average Bonchev–Trinajstić information content (AvgIpc) is 3.25. The topological polar surface area (TPSA) is 59.0 Å². The van der Waals surface area contributed by atoms with Gasteiger partial charge in [0.1, 0.15) is 11.6 Å². The number of aromatic nitrogens is 4. The number of methoxy groups -OCH3 is 1. The fraction of sp³-hybridized carbons (Fsp3) is 0.294. The molecule has 0 bridgehead atoms. The van der Waals surface area contributed by atoms with Gasteiger partial charge in [-0.2, -0.15) is 5.10 Å². The van der Waals surface area contributed by atoms with Crippen LogP contribution in [-0.2, 0) is 19.6 Å². The van der Waals surface area contributed by atoms with Crippen LogP contribution < -0.4 is 4.74 Å². The number of nitrogens with one attached hydrogen (secondary N) is 1. The summed E-state index contributed by atoms with van der Waals surface area (Å²) in [5, 5.41) is 7.11. The Hall–Kier alpha value is -2.60. The number of H-pyrrole nitrogens is 1. The third-order valence-electron chi connectivity index (χ3n) is 4.39. The minimum Gasteiger partial charge on any atom is -0.497 e. The molecule has 0 aliphatic carbocycles. The first-order chi connectivity index (χ1) is 11.3. The van der Waals surface area contributed by atoms with E-state index in [0.29, 0.717) is 6.04 Å². The molecule has 23 heavy (non-hydrogen) atoms. The highest BCUT2D eigenvalue weighted by Crippen LogP contribution is 2.31. The molecule has 4 rings (SSSR count). The summed E-state index contributed by atoms with van der Waals surface area (Å²) in [6.45, 7) is 2.54. The van der Waals surface area contributed by atoms with Gasteiger partial charge < -0.3 is 9.30 Å². The highest BCUT2D eigenvalue weighted by Gasteiger charge is 2.28. The van der Waals surface area contributed by atoms with Gasteiger partial charge in [-0.15, -0.1) is 0 Å². The average molecular weight is 309 g/mol. The van der Waals surface area contributed by atoms with Crippen molar-refractivity contribution in [2.45, 2.75) is 25.7 Å². The quantitative estimate of drug-likeness (QED) is 0.804. The maximum Gasteiger partial charge on any atom is 0.122 e. The van der Waals surface area contributed by atoms with Gasteiger partial charge in [0.25, 0.3) is 0 Å². The number of aromatic amines is 1. The third-order valence-corrected chi connectivity index (χ3v) is 4.39. The summed E-state index contributed by atoms with van der Waals surface area (Å²) in [5.41, 5.74) is 2.40. The fourth-order valence-corrected chi connectivity index (χ4v) is 3.15. The molecule has 1 N–H and O–H groups in total. The van der Waals surface area contributed by atoms with E-state index in [1.165, 1.54) is 5.56 Å². The van der Waals surface area contributed by atoms with E-state index in [2.05, 4.69) is 43.0 Å². The van der Waals surface area contributed by atoms with Gasteiger partial charge in [-0.05, 0) is 23.8 Å². The summed E-state index contributed by atoms with van der Waals surface area (Å²) >= 11 is 0. The highest BCUT2D eigenvalue weighted by atomic mass is 16.5. The van der Waals surface area contributed by atoms with E-state index < -0.39 is 0 Å². The molecule has 3 aromatic rings. The Morgan fingerprint density at radius 3 is 2.83 bits per heavy atom. The second-order valence-corrected chi connectivity index (χ2v) is 5.77.